The molecule has 25 heavy (non-hydrogen) atoms. The van der Waals surface area contributed by atoms with Gasteiger partial charge in [-0.05, 0) is 45.7 Å². The largest absolute Gasteiger partial charge is 0.384 e. The van der Waals surface area contributed by atoms with E-state index in [0.29, 0.717) is 13.2 Å². The lowest BCUT2D eigenvalue weighted by Crippen LogP contribution is -2.58. The van der Waals surface area contributed by atoms with Crippen molar-refractivity contribution in [2.24, 2.45) is 11.3 Å². The van der Waals surface area contributed by atoms with Crippen LogP contribution in [0.2, 0.25) is 0 Å². The highest BCUT2D eigenvalue weighted by atomic mass is 16.5. The van der Waals surface area contributed by atoms with E-state index in [4.69, 9.17) is 9.47 Å². The number of carbonyl (C=O) groups is 1. The quantitative estimate of drug-likeness (QED) is 0.720. The zero-order chi connectivity index (χ0) is 18.4. The van der Waals surface area contributed by atoms with E-state index in [9.17, 15) is 4.79 Å². The van der Waals surface area contributed by atoms with E-state index in [-0.39, 0.29) is 35.5 Å². The fourth-order valence-electron chi connectivity index (χ4n) is 4.35. The van der Waals surface area contributed by atoms with Crippen LogP contribution in [0.3, 0.4) is 0 Å². The number of amides is 1. The van der Waals surface area contributed by atoms with Crippen LogP contribution in [0.5, 0.6) is 0 Å². The Kier molecular flexibility index (Phi) is 7.68. The molecule has 2 N–H and O–H groups in total. The first-order valence-electron chi connectivity index (χ1n) is 9.74. The Balaban J connectivity index is 1.99. The van der Waals surface area contributed by atoms with Gasteiger partial charge in [-0.2, -0.15) is 0 Å². The number of methoxy groups -OCH3 is 1. The molecule has 0 spiro atoms. The third-order valence-electron chi connectivity index (χ3n) is 5.49. The molecular weight excluding hydrogens is 318 g/mol. The Morgan fingerprint density at radius 3 is 2.40 bits per heavy atom. The Hall–Kier alpha value is -0.690. The van der Waals surface area contributed by atoms with Crippen LogP contribution in [0.25, 0.3) is 0 Å². The zero-order valence-corrected chi connectivity index (χ0v) is 16.6. The summed E-state index contributed by atoms with van der Waals surface area (Å²) in [6.07, 6.45) is 2.42. The minimum Gasteiger partial charge on any atom is -0.384 e. The van der Waals surface area contributed by atoms with Gasteiger partial charge in [-0.1, -0.05) is 13.8 Å². The molecule has 0 bridgehead atoms. The monoisotopic (exact) mass is 355 g/mol. The summed E-state index contributed by atoms with van der Waals surface area (Å²) in [4.78, 5) is 15.3. The van der Waals surface area contributed by atoms with Gasteiger partial charge in [-0.25, -0.2) is 0 Å². The minimum absolute atomic E-state index is 0.0583. The van der Waals surface area contributed by atoms with Crippen molar-refractivity contribution < 1.29 is 14.3 Å². The van der Waals surface area contributed by atoms with E-state index >= 15 is 0 Å². The first kappa shape index (κ1) is 20.6. The number of ether oxygens (including phenoxy) is 2. The highest BCUT2D eigenvalue weighted by Gasteiger charge is 2.37. The molecule has 146 valence electrons. The molecule has 2 rings (SSSR count). The molecule has 1 amide bonds. The van der Waals surface area contributed by atoms with Crippen molar-refractivity contribution in [2.45, 2.75) is 58.8 Å². The maximum Gasteiger partial charge on any atom is 0.237 e. The van der Waals surface area contributed by atoms with E-state index in [1.807, 2.05) is 0 Å². The van der Waals surface area contributed by atoms with Gasteiger partial charge in [0, 0.05) is 32.2 Å². The predicted molar refractivity (Wildman–Crippen MR) is 99.6 cm³/mol. The highest BCUT2D eigenvalue weighted by Crippen LogP contribution is 2.28. The van der Waals surface area contributed by atoms with E-state index in [1.165, 1.54) is 0 Å². The number of hydrogen-bond donors (Lipinski definition) is 2. The molecule has 3 unspecified atom stereocenters. The van der Waals surface area contributed by atoms with E-state index < -0.39 is 0 Å². The first-order chi connectivity index (χ1) is 11.9. The van der Waals surface area contributed by atoms with Crippen LogP contribution in [0.1, 0.15) is 40.5 Å². The van der Waals surface area contributed by atoms with Crippen molar-refractivity contribution in [3.8, 4) is 0 Å². The lowest BCUT2D eigenvalue weighted by molar-refractivity contribution is -0.136. The van der Waals surface area contributed by atoms with Crippen LogP contribution in [-0.4, -0.2) is 75.5 Å². The third kappa shape index (κ3) is 5.64. The second-order valence-electron chi connectivity index (χ2n) is 8.30. The van der Waals surface area contributed by atoms with Crippen molar-refractivity contribution in [3.63, 3.8) is 0 Å². The van der Waals surface area contributed by atoms with Crippen LogP contribution in [0.4, 0.5) is 0 Å². The highest BCUT2D eigenvalue weighted by molar-refractivity contribution is 5.82. The molecule has 2 heterocycles. The molecule has 0 aromatic rings. The summed E-state index contributed by atoms with van der Waals surface area (Å²) < 4.78 is 11.3. The standard InChI is InChI=1S/C19H37N3O3/c1-14(2)17(22-10-15(3)25-16(4)11-22)18(23)21-12-19(13-24-5)6-8-20-9-7-19/h14-17,20H,6-13H2,1-5H3,(H,21,23). The molecule has 2 saturated heterocycles. The van der Waals surface area contributed by atoms with Crippen molar-refractivity contribution in [2.75, 3.05) is 46.4 Å². The van der Waals surface area contributed by atoms with Gasteiger partial charge in [0.05, 0.1) is 24.9 Å². The van der Waals surface area contributed by atoms with Gasteiger partial charge in [0.15, 0.2) is 0 Å². The molecule has 0 aromatic carbocycles. The van der Waals surface area contributed by atoms with Crippen molar-refractivity contribution in [1.82, 2.24) is 15.5 Å². The average molecular weight is 356 g/mol. The van der Waals surface area contributed by atoms with Gasteiger partial charge in [0.2, 0.25) is 5.91 Å². The minimum atomic E-state index is -0.102. The summed E-state index contributed by atoms with van der Waals surface area (Å²) in [6.45, 7) is 13.4. The van der Waals surface area contributed by atoms with Gasteiger partial charge in [0.1, 0.15) is 0 Å². The smallest absolute Gasteiger partial charge is 0.237 e. The number of hydrogen-bond acceptors (Lipinski definition) is 5. The lowest BCUT2D eigenvalue weighted by Gasteiger charge is -2.42. The molecule has 0 saturated carbocycles. The Bertz CT molecular complexity index is 409. The first-order valence-corrected chi connectivity index (χ1v) is 9.74. The second kappa shape index (κ2) is 9.31. The van der Waals surface area contributed by atoms with Gasteiger partial charge in [-0.15, -0.1) is 0 Å². The van der Waals surface area contributed by atoms with Crippen LogP contribution < -0.4 is 10.6 Å². The third-order valence-corrected chi connectivity index (χ3v) is 5.49. The number of rotatable bonds is 7. The molecule has 0 aliphatic carbocycles. The molecule has 2 aliphatic heterocycles. The van der Waals surface area contributed by atoms with Crippen LogP contribution in [0.15, 0.2) is 0 Å². The van der Waals surface area contributed by atoms with Crippen molar-refractivity contribution >= 4 is 5.91 Å². The number of carbonyl (C=O) groups excluding carboxylic acids is 1. The molecule has 0 radical (unpaired) electrons. The molecule has 2 fully saturated rings. The summed E-state index contributed by atoms with van der Waals surface area (Å²) in [5, 5.41) is 6.65. The number of piperidine rings is 1. The Labute approximate surface area is 153 Å². The van der Waals surface area contributed by atoms with Gasteiger partial charge >= 0.3 is 0 Å². The van der Waals surface area contributed by atoms with Crippen LogP contribution >= 0.6 is 0 Å². The van der Waals surface area contributed by atoms with Crippen molar-refractivity contribution in [1.29, 1.82) is 0 Å². The fourth-order valence-corrected chi connectivity index (χ4v) is 4.35. The zero-order valence-electron chi connectivity index (χ0n) is 16.6. The normalized spacial score (nSPS) is 28.7. The van der Waals surface area contributed by atoms with Gasteiger partial charge < -0.3 is 20.1 Å². The van der Waals surface area contributed by atoms with E-state index in [0.717, 1.165) is 39.0 Å². The van der Waals surface area contributed by atoms with E-state index in [1.54, 1.807) is 7.11 Å². The molecule has 6 nitrogen and oxygen atoms in total. The topological polar surface area (TPSA) is 62.8 Å². The summed E-state index contributed by atoms with van der Waals surface area (Å²) in [7, 11) is 1.75. The van der Waals surface area contributed by atoms with Gasteiger partial charge in [-0.3, -0.25) is 9.69 Å². The average Bonchev–Trinajstić information content (AvgIpc) is 2.53. The molecule has 3 atom stereocenters. The summed E-state index contributed by atoms with van der Waals surface area (Å²) >= 11 is 0. The van der Waals surface area contributed by atoms with Crippen LogP contribution in [-0.2, 0) is 14.3 Å². The maximum atomic E-state index is 13.0. The summed E-state index contributed by atoms with van der Waals surface area (Å²) in [5.74, 6) is 0.411. The summed E-state index contributed by atoms with van der Waals surface area (Å²) in [6, 6.07) is -0.102. The maximum absolute atomic E-state index is 13.0. The summed E-state index contributed by atoms with van der Waals surface area (Å²) in [5.41, 5.74) is 0.0583. The van der Waals surface area contributed by atoms with Crippen LogP contribution in [0, 0.1) is 11.3 Å². The predicted octanol–water partition coefficient (Wildman–Crippen LogP) is 1.25. The van der Waals surface area contributed by atoms with E-state index in [2.05, 4.69) is 43.2 Å². The molecule has 6 heteroatoms. The number of nitrogens with zero attached hydrogens (tertiary/aromatic N) is 1. The molecule has 2 aliphatic rings. The fraction of sp³-hybridized carbons (Fsp3) is 0.947. The molecule has 0 aromatic heterocycles. The SMILES string of the molecule is COCC1(CNC(=O)C(C(C)C)N2CC(C)OC(C)C2)CCNCC1. The second-order valence-corrected chi connectivity index (χ2v) is 8.30. The van der Waals surface area contributed by atoms with Crippen molar-refractivity contribution in [3.05, 3.63) is 0 Å². The lowest BCUT2D eigenvalue weighted by atomic mass is 9.79. The Morgan fingerprint density at radius 1 is 1.28 bits per heavy atom. The number of morpholine rings is 1. The molecular formula is C19H37N3O3. The van der Waals surface area contributed by atoms with Gasteiger partial charge in [0.25, 0.3) is 0 Å². The Morgan fingerprint density at radius 2 is 1.88 bits per heavy atom. The number of nitrogens with one attached hydrogen (secondary N) is 2.